The van der Waals surface area contributed by atoms with Gasteiger partial charge in [-0.05, 0) is 74.2 Å². The molecule has 164 valence electrons. The number of anilines is 1. The van der Waals surface area contributed by atoms with Crippen LogP contribution in [0.15, 0.2) is 54.2 Å². The second-order valence-electron chi connectivity index (χ2n) is 8.33. The highest BCUT2D eigenvalue weighted by Gasteiger charge is 2.25. The lowest BCUT2D eigenvalue weighted by Gasteiger charge is -2.31. The molecule has 0 spiro atoms. The largest absolute Gasteiger partial charge is 0.488 e. The van der Waals surface area contributed by atoms with Gasteiger partial charge in [-0.3, -0.25) is 9.78 Å². The van der Waals surface area contributed by atoms with E-state index in [1.807, 2.05) is 42.5 Å². The first-order valence-electron chi connectivity index (χ1n) is 10.8. The summed E-state index contributed by atoms with van der Waals surface area (Å²) in [5, 5.41) is 9.22. The highest BCUT2D eigenvalue weighted by molar-refractivity contribution is 6.31. The zero-order chi connectivity index (χ0) is 22.1. The van der Waals surface area contributed by atoms with Crippen LogP contribution in [-0.2, 0) is 4.79 Å². The molecule has 32 heavy (non-hydrogen) atoms. The minimum atomic E-state index is -0.0657. The van der Waals surface area contributed by atoms with Gasteiger partial charge in [-0.15, -0.1) is 0 Å². The molecule has 3 aromatic rings. The van der Waals surface area contributed by atoms with Gasteiger partial charge >= 0.3 is 0 Å². The van der Waals surface area contributed by atoms with Crippen LogP contribution < -0.4 is 15.4 Å². The number of nitrogens with one attached hydrogen (secondary N) is 2. The average Bonchev–Trinajstić information content (AvgIpc) is 2.79. The fourth-order valence-corrected chi connectivity index (χ4v) is 4.75. The van der Waals surface area contributed by atoms with Crippen molar-refractivity contribution in [2.45, 2.75) is 37.8 Å². The zero-order valence-electron chi connectivity index (χ0n) is 17.4. The fraction of sp³-hybridized carbons (Fsp3) is 0.280. The number of pyridine rings is 1. The quantitative estimate of drug-likeness (QED) is 0.504. The molecule has 1 aromatic heterocycles. The zero-order valence-corrected chi connectivity index (χ0v) is 18.9. The minimum Gasteiger partial charge on any atom is -0.488 e. The Labute approximate surface area is 196 Å². The molecule has 1 amide bonds. The van der Waals surface area contributed by atoms with Crippen LogP contribution in [0.25, 0.3) is 17.0 Å². The lowest BCUT2D eigenvalue weighted by molar-refractivity contribution is -0.118. The predicted molar refractivity (Wildman–Crippen MR) is 129 cm³/mol. The molecule has 1 saturated carbocycles. The molecule has 0 atom stereocenters. The van der Waals surface area contributed by atoms with Gasteiger partial charge in [-0.2, -0.15) is 0 Å². The van der Waals surface area contributed by atoms with E-state index in [9.17, 15) is 4.79 Å². The van der Waals surface area contributed by atoms with E-state index in [2.05, 4.69) is 15.6 Å². The summed E-state index contributed by atoms with van der Waals surface area (Å²) in [6.07, 6.45) is 7.49. The SMILES string of the molecule is O=C(NC1CCC(Nc2ccnc3cc(Cl)ccc23)CC1)C1=Cc2cc(Cl)ccc2OC1. The molecule has 2 aliphatic rings. The molecule has 1 fully saturated rings. The van der Waals surface area contributed by atoms with E-state index in [0.717, 1.165) is 53.6 Å². The second-order valence-corrected chi connectivity index (χ2v) is 9.20. The molecule has 2 N–H and O–H groups in total. The van der Waals surface area contributed by atoms with Crippen LogP contribution in [0.5, 0.6) is 5.75 Å². The summed E-state index contributed by atoms with van der Waals surface area (Å²) in [6.45, 7) is 0.274. The molecule has 0 unspecified atom stereocenters. The smallest absolute Gasteiger partial charge is 0.250 e. The van der Waals surface area contributed by atoms with Crippen molar-refractivity contribution in [3.8, 4) is 5.75 Å². The lowest BCUT2D eigenvalue weighted by Crippen LogP contribution is -2.41. The van der Waals surface area contributed by atoms with Crippen LogP contribution >= 0.6 is 23.2 Å². The van der Waals surface area contributed by atoms with Gasteiger partial charge in [0, 0.05) is 45.0 Å². The highest BCUT2D eigenvalue weighted by atomic mass is 35.5. The fourth-order valence-electron chi connectivity index (χ4n) is 4.41. The van der Waals surface area contributed by atoms with Crippen LogP contribution in [0, 0.1) is 0 Å². The maximum atomic E-state index is 12.8. The van der Waals surface area contributed by atoms with Gasteiger partial charge in [0.05, 0.1) is 11.1 Å². The van der Waals surface area contributed by atoms with Crippen LogP contribution in [0.4, 0.5) is 5.69 Å². The van der Waals surface area contributed by atoms with Crippen molar-refractivity contribution in [3.63, 3.8) is 0 Å². The standard InChI is InChI=1S/C25H23Cl2N3O2/c26-17-2-8-24-15(12-17)11-16(14-32-24)25(31)30-20-5-3-19(4-6-20)29-22-9-10-28-23-13-18(27)1-7-21(22)23/h1-2,7-13,19-20H,3-6,14H2,(H,28,29)(H,30,31). The summed E-state index contributed by atoms with van der Waals surface area (Å²) in [5.74, 6) is 0.687. The second kappa shape index (κ2) is 9.00. The van der Waals surface area contributed by atoms with Crippen LogP contribution in [0.1, 0.15) is 31.2 Å². The van der Waals surface area contributed by atoms with E-state index in [4.69, 9.17) is 27.9 Å². The summed E-state index contributed by atoms with van der Waals surface area (Å²) >= 11 is 12.2. The number of benzene rings is 2. The number of halogens is 2. The average molecular weight is 468 g/mol. The van der Waals surface area contributed by atoms with Gasteiger partial charge < -0.3 is 15.4 Å². The van der Waals surface area contributed by atoms with Gasteiger partial charge in [0.2, 0.25) is 0 Å². The third kappa shape index (κ3) is 4.54. The molecule has 0 bridgehead atoms. The number of nitrogens with zero attached hydrogens (tertiary/aromatic N) is 1. The summed E-state index contributed by atoms with van der Waals surface area (Å²) in [6, 6.07) is 13.7. The maximum absolute atomic E-state index is 12.8. The molecule has 1 aliphatic carbocycles. The third-order valence-electron chi connectivity index (χ3n) is 6.10. The molecule has 7 heteroatoms. The number of carbonyl (C=O) groups excluding carboxylic acids is 1. The maximum Gasteiger partial charge on any atom is 0.250 e. The first-order chi connectivity index (χ1) is 15.5. The molecule has 5 rings (SSSR count). The number of hydrogen-bond acceptors (Lipinski definition) is 4. The normalized spacial score (nSPS) is 20.1. The van der Waals surface area contributed by atoms with Crippen molar-refractivity contribution in [2.24, 2.45) is 0 Å². The molecule has 2 heterocycles. The monoisotopic (exact) mass is 467 g/mol. The van der Waals surface area contributed by atoms with Gasteiger partial charge in [-0.25, -0.2) is 0 Å². The number of hydrogen-bond donors (Lipinski definition) is 2. The van der Waals surface area contributed by atoms with E-state index in [1.54, 1.807) is 12.3 Å². The third-order valence-corrected chi connectivity index (χ3v) is 6.57. The molecule has 2 aromatic carbocycles. The summed E-state index contributed by atoms with van der Waals surface area (Å²) in [4.78, 5) is 17.2. The van der Waals surface area contributed by atoms with E-state index in [1.165, 1.54) is 0 Å². The minimum absolute atomic E-state index is 0.0657. The first-order valence-corrected chi connectivity index (χ1v) is 11.6. The predicted octanol–water partition coefficient (Wildman–Crippen LogP) is 5.86. The van der Waals surface area contributed by atoms with Gasteiger partial charge in [0.25, 0.3) is 5.91 Å². The van der Waals surface area contributed by atoms with Gasteiger partial charge in [-0.1, -0.05) is 23.2 Å². The van der Waals surface area contributed by atoms with Crippen molar-refractivity contribution in [1.29, 1.82) is 0 Å². The lowest BCUT2D eigenvalue weighted by atomic mass is 9.90. The van der Waals surface area contributed by atoms with E-state index < -0.39 is 0 Å². The van der Waals surface area contributed by atoms with Crippen molar-refractivity contribution >= 4 is 51.8 Å². The Hall–Kier alpha value is -2.76. The van der Waals surface area contributed by atoms with Crippen molar-refractivity contribution in [1.82, 2.24) is 10.3 Å². The summed E-state index contributed by atoms with van der Waals surface area (Å²) in [7, 11) is 0. The Morgan fingerprint density at radius 1 is 0.969 bits per heavy atom. The van der Waals surface area contributed by atoms with E-state index in [0.29, 0.717) is 21.7 Å². The number of carbonyl (C=O) groups is 1. The van der Waals surface area contributed by atoms with E-state index in [-0.39, 0.29) is 18.6 Å². The molecular weight excluding hydrogens is 445 g/mol. The Morgan fingerprint density at radius 3 is 2.56 bits per heavy atom. The summed E-state index contributed by atoms with van der Waals surface area (Å²) < 4.78 is 5.72. The van der Waals surface area contributed by atoms with Gasteiger partial charge in [0.15, 0.2) is 0 Å². The van der Waals surface area contributed by atoms with Crippen molar-refractivity contribution in [3.05, 3.63) is 69.8 Å². The van der Waals surface area contributed by atoms with Crippen LogP contribution in [0.2, 0.25) is 10.0 Å². The number of ether oxygens (including phenoxy) is 1. The number of amides is 1. The molecule has 0 radical (unpaired) electrons. The van der Waals surface area contributed by atoms with Gasteiger partial charge in [0.1, 0.15) is 12.4 Å². The topological polar surface area (TPSA) is 63.2 Å². The van der Waals surface area contributed by atoms with E-state index >= 15 is 0 Å². The molecular formula is C25H23Cl2N3O2. The highest BCUT2D eigenvalue weighted by Crippen LogP contribution is 2.30. The number of rotatable bonds is 4. The van der Waals surface area contributed by atoms with Crippen LogP contribution in [-0.4, -0.2) is 29.6 Å². The summed E-state index contributed by atoms with van der Waals surface area (Å²) in [5.41, 5.74) is 3.42. The number of fused-ring (bicyclic) bond motifs is 2. The Balaban J connectivity index is 1.18. The molecule has 1 aliphatic heterocycles. The Kier molecular flexibility index (Phi) is 5.94. The van der Waals surface area contributed by atoms with Crippen molar-refractivity contribution < 1.29 is 9.53 Å². The molecule has 0 saturated heterocycles. The number of aromatic nitrogens is 1. The Bertz CT molecular complexity index is 1200. The first kappa shape index (κ1) is 21.1. The van der Waals surface area contributed by atoms with Crippen LogP contribution in [0.3, 0.4) is 0 Å². The van der Waals surface area contributed by atoms with Crippen molar-refractivity contribution in [2.75, 3.05) is 11.9 Å². The Morgan fingerprint density at radius 2 is 1.72 bits per heavy atom. The molecule has 5 nitrogen and oxygen atoms in total.